The Morgan fingerprint density at radius 1 is 1.31 bits per heavy atom. The second kappa shape index (κ2) is 6.01. The summed E-state index contributed by atoms with van der Waals surface area (Å²) < 4.78 is 15.5. The third-order valence-electron chi connectivity index (χ3n) is 1.86. The van der Waals surface area contributed by atoms with Crippen molar-refractivity contribution in [1.82, 2.24) is 0 Å². The summed E-state index contributed by atoms with van der Waals surface area (Å²) >= 11 is 0. The Morgan fingerprint density at radius 2 is 1.77 bits per heavy atom. The Labute approximate surface area is 79.1 Å². The van der Waals surface area contributed by atoms with Gasteiger partial charge in [0.2, 0.25) is 6.08 Å². The largest absolute Gasteiger partial charge is 0.527 e. The Hall–Kier alpha value is -0.523. The fourth-order valence-corrected chi connectivity index (χ4v) is 3.17. The summed E-state index contributed by atoms with van der Waals surface area (Å²) in [5.41, 5.74) is -0.370. The van der Waals surface area contributed by atoms with Crippen LogP contribution in [0.1, 0.15) is 13.3 Å². The molecule has 1 atom stereocenters. The Bertz CT molecular complexity index is 181. The molecule has 0 saturated carbocycles. The van der Waals surface area contributed by atoms with Crippen molar-refractivity contribution in [3.05, 3.63) is 0 Å². The minimum absolute atomic E-state index is 0.370. The van der Waals surface area contributed by atoms with E-state index in [2.05, 4.69) is 4.99 Å². The van der Waals surface area contributed by atoms with E-state index < -0.39 is 8.80 Å². The lowest BCUT2D eigenvalue weighted by molar-refractivity contribution is 0.112. The number of aliphatic imine (C=N–C) groups is 1. The zero-order valence-corrected chi connectivity index (χ0v) is 9.36. The molecule has 0 fully saturated rings. The first-order valence-electron chi connectivity index (χ1n) is 3.93. The summed E-state index contributed by atoms with van der Waals surface area (Å²) in [6.45, 7) is 1.88. The topological polar surface area (TPSA) is 57.1 Å². The highest BCUT2D eigenvalue weighted by Crippen LogP contribution is 2.17. The molecule has 0 heterocycles. The van der Waals surface area contributed by atoms with Crippen LogP contribution in [0.5, 0.6) is 0 Å². The van der Waals surface area contributed by atoms with E-state index in [1.54, 1.807) is 0 Å². The van der Waals surface area contributed by atoms with Crippen molar-refractivity contribution in [2.75, 3.05) is 21.3 Å². The van der Waals surface area contributed by atoms with Crippen LogP contribution in [0.3, 0.4) is 0 Å². The number of nitrogens with zero attached hydrogens (tertiary/aromatic N) is 1. The van der Waals surface area contributed by atoms with E-state index in [0.717, 1.165) is 0 Å². The van der Waals surface area contributed by atoms with Crippen molar-refractivity contribution in [1.29, 1.82) is 0 Å². The first-order valence-corrected chi connectivity index (χ1v) is 5.73. The molecule has 13 heavy (non-hydrogen) atoms. The van der Waals surface area contributed by atoms with Crippen LogP contribution in [0, 0.1) is 0 Å². The summed E-state index contributed by atoms with van der Waals surface area (Å²) in [4.78, 5) is 13.7. The van der Waals surface area contributed by atoms with Crippen molar-refractivity contribution in [2.24, 2.45) is 4.99 Å². The maximum absolute atomic E-state index is 10.1. The molecule has 5 nitrogen and oxygen atoms in total. The van der Waals surface area contributed by atoms with E-state index in [0.29, 0.717) is 6.42 Å². The van der Waals surface area contributed by atoms with Crippen molar-refractivity contribution in [3.63, 3.8) is 0 Å². The molecule has 6 heteroatoms. The maximum Gasteiger partial charge on any atom is 0.527 e. The molecule has 0 aliphatic carbocycles. The molecule has 1 unspecified atom stereocenters. The van der Waals surface area contributed by atoms with Gasteiger partial charge in [0.05, 0.1) is 0 Å². The van der Waals surface area contributed by atoms with Gasteiger partial charge in [0.1, 0.15) is 5.67 Å². The quantitative estimate of drug-likeness (QED) is 0.360. The van der Waals surface area contributed by atoms with Gasteiger partial charge in [-0.15, -0.1) is 0 Å². The number of hydrogen-bond donors (Lipinski definition) is 0. The second-order valence-electron chi connectivity index (χ2n) is 2.36. The molecule has 0 aliphatic heterocycles. The molecule has 0 aromatic carbocycles. The van der Waals surface area contributed by atoms with E-state index in [4.69, 9.17) is 13.3 Å². The average molecular weight is 205 g/mol. The molecule has 0 radical (unpaired) electrons. The summed E-state index contributed by atoms with van der Waals surface area (Å²) in [6.07, 6.45) is 2.12. The lowest BCUT2D eigenvalue weighted by Gasteiger charge is -2.28. The van der Waals surface area contributed by atoms with E-state index >= 15 is 0 Å². The van der Waals surface area contributed by atoms with Crippen LogP contribution in [0.4, 0.5) is 0 Å². The highest BCUT2D eigenvalue weighted by atomic mass is 28.4. The molecular formula is C7H15NO4Si. The molecular weight excluding hydrogens is 190 g/mol. The molecule has 0 aromatic heterocycles. The highest BCUT2D eigenvalue weighted by Gasteiger charge is 2.47. The monoisotopic (exact) mass is 205 g/mol. The van der Waals surface area contributed by atoms with Gasteiger partial charge in [-0.2, -0.15) is 4.99 Å². The summed E-state index contributed by atoms with van der Waals surface area (Å²) in [5, 5.41) is 0. The fraction of sp³-hybridized carbons (Fsp3) is 0.857. The molecule has 0 bridgehead atoms. The smallest absolute Gasteiger partial charge is 0.376 e. The molecule has 76 valence electrons. The van der Waals surface area contributed by atoms with Gasteiger partial charge in [0, 0.05) is 21.3 Å². The zero-order chi connectivity index (χ0) is 10.3. The third-order valence-corrected chi connectivity index (χ3v) is 4.92. The molecule has 0 aromatic rings. The standard InChI is InChI=1S/C7H15NO4Si/c1-5-7(8-6-9)13(10-2,11-3)12-4/h7H,5H2,1-4H3. The van der Waals surface area contributed by atoms with Crippen LogP contribution < -0.4 is 0 Å². The van der Waals surface area contributed by atoms with Crippen molar-refractivity contribution in [2.45, 2.75) is 19.0 Å². The van der Waals surface area contributed by atoms with Crippen molar-refractivity contribution >= 4 is 14.9 Å². The van der Waals surface area contributed by atoms with Crippen LogP contribution in [0.2, 0.25) is 0 Å². The predicted octanol–water partition coefficient (Wildman–Crippen LogP) is 0.518. The minimum Gasteiger partial charge on any atom is -0.376 e. The van der Waals surface area contributed by atoms with E-state index in [1.165, 1.54) is 27.4 Å². The highest BCUT2D eigenvalue weighted by molar-refractivity contribution is 6.62. The van der Waals surface area contributed by atoms with Gasteiger partial charge in [-0.05, 0) is 6.42 Å². The first kappa shape index (κ1) is 12.5. The van der Waals surface area contributed by atoms with Gasteiger partial charge in [0.15, 0.2) is 0 Å². The van der Waals surface area contributed by atoms with Gasteiger partial charge >= 0.3 is 8.80 Å². The number of rotatable bonds is 6. The van der Waals surface area contributed by atoms with Crippen LogP contribution in [0.15, 0.2) is 4.99 Å². The van der Waals surface area contributed by atoms with Crippen molar-refractivity contribution in [3.8, 4) is 0 Å². The van der Waals surface area contributed by atoms with E-state index in [-0.39, 0.29) is 5.67 Å². The second-order valence-corrected chi connectivity index (χ2v) is 5.46. The molecule has 0 rings (SSSR count). The Kier molecular flexibility index (Phi) is 5.77. The van der Waals surface area contributed by atoms with Crippen LogP contribution in [0.25, 0.3) is 0 Å². The lowest BCUT2D eigenvalue weighted by atomic mass is 10.5. The van der Waals surface area contributed by atoms with Crippen LogP contribution in [-0.4, -0.2) is 41.9 Å². The SMILES string of the molecule is CCC(N=C=O)[Si](OC)(OC)OC. The van der Waals surface area contributed by atoms with Gasteiger partial charge in [-0.3, -0.25) is 0 Å². The zero-order valence-electron chi connectivity index (χ0n) is 8.36. The van der Waals surface area contributed by atoms with E-state index in [1.807, 2.05) is 6.92 Å². The van der Waals surface area contributed by atoms with E-state index in [9.17, 15) is 4.79 Å². The Morgan fingerprint density at radius 3 is 2.00 bits per heavy atom. The summed E-state index contributed by atoms with van der Waals surface area (Å²) in [6, 6.07) is 0. The fourth-order valence-electron chi connectivity index (χ4n) is 1.14. The third kappa shape index (κ3) is 2.72. The van der Waals surface area contributed by atoms with Crippen molar-refractivity contribution < 1.29 is 18.1 Å². The molecule has 0 aliphatic rings. The average Bonchev–Trinajstić information content (AvgIpc) is 2.19. The molecule has 0 saturated heterocycles. The normalized spacial score (nSPS) is 13.5. The van der Waals surface area contributed by atoms with Gasteiger partial charge in [0.25, 0.3) is 0 Å². The van der Waals surface area contributed by atoms with Gasteiger partial charge in [-0.1, -0.05) is 6.92 Å². The van der Waals surface area contributed by atoms with Gasteiger partial charge < -0.3 is 13.3 Å². The molecule has 0 amide bonds. The van der Waals surface area contributed by atoms with Crippen LogP contribution >= 0.6 is 0 Å². The summed E-state index contributed by atoms with van der Waals surface area (Å²) in [5.74, 6) is 0. The van der Waals surface area contributed by atoms with Gasteiger partial charge in [-0.25, -0.2) is 4.79 Å². The summed E-state index contributed by atoms with van der Waals surface area (Å²) in [7, 11) is 1.67. The molecule has 0 spiro atoms. The maximum atomic E-state index is 10.1. The first-order chi connectivity index (χ1) is 6.20. The molecule has 0 N–H and O–H groups in total. The number of carbonyl (C=O) groups excluding carboxylic acids is 1. The lowest BCUT2D eigenvalue weighted by Crippen LogP contribution is -2.53. The predicted molar refractivity (Wildman–Crippen MR) is 49.0 cm³/mol. The Balaban J connectivity index is 4.75. The van der Waals surface area contributed by atoms with Crippen LogP contribution in [-0.2, 0) is 18.1 Å². The minimum atomic E-state index is -2.80. The number of isocyanates is 1. The number of hydrogen-bond acceptors (Lipinski definition) is 5.